The molecule has 0 saturated heterocycles. The third-order valence-corrected chi connectivity index (χ3v) is 5.17. The molecular weight excluding hydrogens is 290 g/mol. The maximum atomic E-state index is 11.7. The van der Waals surface area contributed by atoms with Crippen LogP contribution in [0.1, 0.15) is 37.8 Å². The molecule has 118 valence electrons. The lowest BCUT2D eigenvalue weighted by molar-refractivity contribution is 0.144. The Labute approximate surface area is 126 Å². The number of aliphatic hydroxyl groups excluding tert-OH is 1. The predicted molar refractivity (Wildman–Crippen MR) is 81.3 cm³/mol. The van der Waals surface area contributed by atoms with Gasteiger partial charge in [0.25, 0.3) is 0 Å². The third kappa shape index (κ3) is 3.75. The smallest absolute Gasteiger partial charge is 0.179 e. The highest BCUT2D eigenvalue weighted by molar-refractivity contribution is 7.90. The Kier molecular flexibility index (Phi) is 4.91. The number of nitrogens with one attached hydrogen (secondary N) is 1. The summed E-state index contributed by atoms with van der Waals surface area (Å²) in [7, 11) is -1.84. The van der Waals surface area contributed by atoms with E-state index in [1.54, 1.807) is 18.2 Å². The van der Waals surface area contributed by atoms with Crippen molar-refractivity contribution < 1.29 is 18.3 Å². The second-order valence-electron chi connectivity index (χ2n) is 5.68. The molecule has 6 heteroatoms. The third-order valence-electron chi connectivity index (χ3n) is 4.03. The molecule has 2 rings (SSSR count). The van der Waals surface area contributed by atoms with E-state index >= 15 is 0 Å². The van der Waals surface area contributed by atoms with Gasteiger partial charge >= 0.3 is 0 Å². The Hall–Kier alpha value is -1.11. The lowest BCUT2D eigenvalue weighted by Crippen LogP contribution is -2.37. The van der Waals surface area contributed by atoms with Gasteiger partial charge in [-0.25, -0.2) is 8.42 Å². The average Bonchev–Trinajstić information content (AvgIpc) is 2.82. The van der Waals surface area contributed by atoms with Gasteiger partial charge in [0.15, 0.2) is 9.84 Å². The molecule has 0 aromatic heterocycles. The zero-order valence-electron chi connectivity index (χ0n) is 12.7. The molecule has 0 amide bonds. The van der Waals surface area contributed by atoms with Crippen LogP contribution in [-0.2, 0) is 9.84 Å². The summed E-state index contributed by atoms with van der Waals surface area (Å²) in [5.74, 6) is 0.357. The van der Waals surface area contributed by atoms with E-state index in [0.29, 0.717) is 5.75 Å². The number of benzene rings is 1. The fourth-order valence-electron chi connectivity index (χ4n) is 2.81. The molecule has 5 nitrogen and oxygen atoms in total. The molecule has 0 aliphatic heterocycles. The van der Waals surface area contributed by atoms with Crippen molar-refractivity contribution in [2.24, 2.45) is 0 Å². The molecule has 1 fully saturated rings. The second kappa shape index (κ2) is 6.34. The maximum absolute atomic E-state index is 11.7. The Morgan fingerprint density at radius 1 is 1.38 bits per heavy atom. The highest BCUT2D eigenvalue weighted by atomic mass is 32.2. The van der Waals surface area contributed by atoms with Crippen molar-refractivity contribution in [3.05, 3.63) is 23.8 Å². The SMILES string of the molecule is COc1cc([C@@H](C)N[C@@H]2CCC[C@H]2O)ccc1S(C)(=O)=O. The molecule has 0 heterocycles. The summed E-state index contributed by atoms with van der Waals surface area (Å²) in [6.07, 6.45) is 3.69. The fraction of sp³-hybridized carbons (Fsp3) is 0.600. The molecule has 21 heavy (non-hydrogen) atoms. The topological polar surface area (TPSA) is 75.6 Å². The Balaban J connectivity index is 2.20. The lowest BCUT2D eigenvalue weighted by Gasteiger charge is -2.23. The minimum atomic E-state index is -3.30. The van der Waals surface area contributed by atoms with E-state index in [1.807, 2.05) is 6.92 Å². The quantitative estimate of drug-likeness (QED) is 0.865. The van der Waals surface area contributed by atoms with Crippen molar-refractivity contribution in [1.82, 2.24) is 5.32 Å². The van der Waals surface area contributed by atoms with Crippen LogP contribution < -0.4 is 10.1 Å². The summed E-state index contributed by atoms with van der Waals surface area (Å²) in [5, 5.41) is 13.3. The maximum Gasteiger partial charge on any atom is 0.179 e. The van der Waals surface area contributed by atoms with Gasteiger partial charge in [-0.1, -0.05) is 6.07 Å². The molecular formula is C15H23NO4S. The standard InChI is InChI=1S/C15H23NO4S/c1-10(16-12-5-4-6-13(12)17)11-7-8-15(21(3,18)19)14(9-11)20-2/h7-10,12-13,16-17H,4-6H2,1-3H3/t10-,12-,13-/m1/s1. The first kappa shape index (κ1) is 16.3. The Morgan fingerprint density at radius 3 is 2.62 bits per heavy atom. The first-order valence-corrected chi connectivity index (χ1v) is 9.04. The minimum absolute atomic E-state index is 0.0188. The number of sulfone groups is 1. The molecule has 0 radical (unpaired) electrons. The molecule has 0 unspecified atom stereocenters. The number of hydrogen-bond donors (Lipinski definition) is 2. The summed E-state index contributed by atoms with van der Waals surface area (Å²) in [4.78, 5) is 0.196. The number of ether oxygens (including phenoxy) is 1. The van der Waals surface area contributed by atoms with Crippen LogP contribution in [0.25, 0.3) is 0 Å². The highest BCUT2D eigenvalue weighted by Gasteiger charge is 2.26. The molecule has 2 N–H and O–H groups in total. The number of hydrogen-bond acceptors (Lipinski definition) is 5. The first-order chi connectivity index (χ1) is 9.82. The molecule has 1 aliphatic rings. The zero-order valence-corrected chi connectivity index (χ0v) is 13.5. The van der Waals surface area contributed by atoms with Crippen molar-refractivity contribution in [2.45, 2.75) is 49.3 Å². The van der Waals surface area contributed by atoms with Gasteiger partial charge in [-0.2, -0.15) is 0 Å². The average molecular weight is 313 g/mol. The highest BCUT2D eigenvalue weighted by Crippen LogP contribution is 2.29. The van der Waals surface area contributed by atoms with E-state index < -0.39 is 9.84 Å². The molecule has 1 aromatic rings. The molecule has 1 aromatic carbocycles. The number of aliphatic hydroxyl groups is 1. The van der Waals surface area contributed by atoms with Gasteiger partial charge in [0.2, 0.25) is 0 Å². The molecule has 3 atom stereocenters. The van der Waals surface area contributed by atoms with Gasteiger partial charge in [-0.3, -0.25) is 0 Å². The van der Waals surface area contributed by atoms with E-state index in [-0.39, 0.29) is 23.1 Å². The normalized spacial score (nSPS) is 24.0. The van der Waals surface area contributed by atoms with Crippen LogP contribution in [-0.4, -0.2) is 39.0 Å². The van der Waals surface area contributed by atoms with Crippen LogP contribution in [0.5, 0.6) is 5.75 Å². The van der Waals surface area contributed by atoms with Crippen LogP contribution in [0, 0.1) is 0 Å². The number of methoxy groups -OCH3 is 1. The van der Waals surface area contributed by atoms with Crippen LogP contribution >= 0.6 is 0 Å². The molecule has 1 aliphatic carbocycles. The molecule has 0 spiro atoms. The van der Waals surface area contributed by atoms with Gasteiger partial charge in [0.05, 0.1) is 13.2 Å². The zero-order chi connectivity index (χ0) is 15.6. The van der Waals surface area contributed by atoms with Crippen LogP contribution in [0.15, 0.2) is 23.1 Å². The van der Waals surface area contributed by atoms with Crippen molar-refractivity contribution >= 4 is 9.84 Å². The van der Waals surface area contributed by atoms with E-state index in [0.717, 1.165) is 24.8 Å². The summed E-state index contributed by atoms with van der Waals surface area (Å²) < 4.78 is 28.6. The predicted octanol–water partition coefficient (Wildman–Crippen LogP) is 1.66. The second-order valence-corrected chi connectivity index (χ2v) is 7.66. The molecule has 0 bridgehead atoms. The largest absolute Gasteiger partial charge is 0.495 e. The summed E-state index contributed by atoms with van der Waals surface area (Å²) >= 11 is 0. The summed E-state index contributed by atoms with van der Waals surface area (Å²) in [5.41, 5.74) is 0.943. The Bertz CT molecular complexity index is 600. The van der Waals surface area contributed by atoms with Crippen LogP contribution in [0.2, 0.25) is 0 Å². The summed E-state index contributed by atoms with van der Waals surface area (Å²) in [6, 6.07) is 5.23. The fourth-order valence-corrected chi connectivity index (χ4v) is 3.64. The van der Waals surface area contributed by atoms with Crippen molar-refractivity contribution in [3.63, 3.8) is 0 Å². The van der Waals surface area contributed by atoms with E-state index in [2.05, 4.69) is 5.32 Å². The first-order valence-electron chi connectivity index (χ1n) is 7.15. The van der Waals surface area contributed by atoms with Gasteiger partial charge in [-0.05, 0) is 43.9 Å². The van der Waals surface area contributed by atoms with Gasteiger partial charge in [-0.15, -0.1) is 0 Å². The minimum Gasteiger partial charge on any atom is -0.495 e. The van der Waals surface area contributed by atoms with Gasteiger partial charge < -0.3 is 15.2 Å². The van der Waals surface area contributed by atoms with Gasteiger partial charge in [0.1, 0.15) is 10.6 Å². The van der Waals surface area contributed by atoms with Crippen molar-refractivity contribution in [2.75, 3.05) is 13.4 Å². The van der Waals surface area contributed by atoms with E-state index in [9.17, 15) is 13.5 Å². The van der Waals surface area contributed by atoms with E-state index in [1.165, 1.54) is 13.4 Å². The lowest BCUT2D eigenvalue weighted by atomic mass is 10.1. The van der Waals surface area contributed by atoms with Crippen LogP contribution in [0.4, 0.5) is 0 Å². The molecule has 1 saturated carbocycles. The van der Waals surface area contributed by atoms with E-state index in [4.69, 9.17) is 4.74 Å². The Morgan fingerprint density at radius 2 is 2.10 bits per heavy atom. The van der Waals surface area contributed by atoms with Crippen LogP contribution in [0.3, 0.4) is 0 Å². The number of rotatable bonds is 5. The van der Waals surface area contributed by atoms with Crippen molar-refractivity contribution in [3.8, 4) is 5.75 Å². The summed E-state index contributed by atoms with van der Waals surface area (Å²) in [6.45, 7) is 2.00. The van der Waals surface area contributed by atoms with Crippen molar-refractivity contribution in [1.29, 1.82) is 0 Å². The monoisotopic (exact) mass is 313 g/mol. The van der Waals surface area contributed by atoms with Gasteiger partial charge in [0, 0.05) is 18.3 Å².